The first-order chi connectivity index (χ1) is 12.8. The first-order valence-corrected chi connectivity index (χ1v) is 12.5. The SMILES string of the molecule is CCCCCCCCCCCC(CCCCCCCCCC)C(C)CN.Cl. The largest absolute Gasteiger partial charge is 0.330 e. The molecule has 0 radical (unpaired) electrons. The number of hydrogen-bond acceptors (Lipinski definition) is 1. The monoisotopic (exact) mass is 403 g/mol. The number of halogens is 1. The molecule has 2 unspecified atom stereocenters. The van der Waals surface area contributed by atoms with E-state index < -0.39 is 0 Å². The third-order valence-corrected chi connectivity index (χ3v) is 6.28. The van der Waals surface area contributed by atoms with Crippen LogP contribution < -0.4 is 5.73 Å². The van der Waals surface area contributed by atoms with Gasteiger partial charge in [0.1, 0.15) is 0 Å². The minimum atomic E-state index is 0. The molecule has 0 aromatic carbocycles. The first-order valence-electron chi connectivity index (χ1n) is 12.5. The summed E-state index contributed by atoms with van der Waals surface area (Å²) in [7, 11) is 0. The van der Waals surface area contributed by atoms with Crippen molar-refractivity contribution in [3.05, 3.63) is 0 Å². The molecule has 2 N–H and O–H groups in total. The lowest BCUT2D eigenvalue weighted by Crippen LogP contribution is -2.20. The fraction of sp³-hybridized carbons (Fsp3) is 1.00. The molecule has 0 aliphatic carbocycles. The van der Waals surface area contributed by atoms with Gasteiger partial charge in [0, 0.05) is 0 Å². The quantitative estimate of drug-likeness (QED) is 0.190. The molecule has 0 rings (SSSR count). The molecule has 0 bridgehead atoms. The summed E-state index contributed by atoms with van der Waals surface area (Å²) in [6.07, 6.45) is 27.2. The van der Waals surface area contributed by atoms with Gasteiger partial charge in [-0.25, -0.2) is 0 Å². The van der Waals surface area contributed by atoms with E-state index in [1.54, 1.807) is 0 Å². The lowest BCUT2D eigenvalue weighted by atomic mass is 9.84. The van der Waals surface area contributed by atoms with Gasteiger partial charge in [0.2, 0.25) is 0 Å². The molecule has 0 heterocycles. The average molecular weight is 404 g/mol. The second kappa shape index (κ2) is 24.3. The predicted octanol–water partition coefficient (Wildman–Crippen LogP) is 9.07. The zero-order valence-corrected chi connectivity index (χ0v) is 20.1. The zero-order chi connectivity index (χ0) is 19.3. The van der Waals surface area contributed by atoms with Gasteiger partial charge in [0.25, 0.3) is 0 Å². The third kappa shape index (κ3) is 20.8. The molecular formula is C25H54ClN. The van der Waals surface area contributed by atoms with Crippen LogP contribution in [-0.4, -0.2) is 6.54 Å². The molecule has 0 aliphatic heterocycles. The van der Waals surface area contributed by atoms with Gasteiger partial charge in [-0.2, -0.15) is 0 Å². The van der Waals surface area contributed by atoms with Crippen molar-refractivity contribution in [2.75, 3.05) is 6.54 Å². The van der Waals surface area contributed by atoms with Crippen LogP contribution >= 0.6 is 12.4 Å². The summed E-state index contributed by atoms with van der Waals surface area (Å²) in [5.41, 5.74) is 5.98. The molecule has 166 valence electrons. The van der Waals surface area contributed by atoms with E-state index >= 15 is 0 Å². The summed E-state index contributed by atoms with van der Waals surface area (Å²) in [4.78, 5) is 0. The Morgan fingerprint density at radius 1 is 0.519 bits per heavy atom. The standard InChI is InChI=1S/C25H53N.ClH/c1-4-6-8-10-12-14-16-18-20-22-25(24(3)23-26)21-19-17-15-13-11-9-7-5-2;/h24-25H,4-23,26H2,1-3H3;1H. The van der Waals surface area contributed by atoms with E-state index in [0.717, 1.165) is 12.5 Å². The Bertz CT molecular complexity index is 257. The Kier molecular flexibility index (Phi) is 26.5. The van der Waals surface area contributed by atoms with Crippen LogP contribution in [0, 0.1) is 11.8 Å². The Hall–Kier alpha value is 0.250. The minimum Gasteiger partial charge on any atom is -0.330 e. The molecular weight excluding hydrogens is 350 g/mol. The Morgan fingerprint density at radius 3 is 1.11 bits per heavy atom. The summed E-state index contributed by atoms with van der Waals surface area (Å²) in [5, 5.41) is 0. The highest BCUT2D eigenvalue weighted by Gasteiger charge is 2.15. The maximum atomic E-state index is 5.98. The predicted molar refractivity (Wildman–Crippen MR) is 128 cm³/mol. The lowest BCUT2D eigenvalue weighted by molar-refractivity contribution is 0.300. The van der Waals surface area contributed by atoms with Crippen molar-refractivity contribution in [2.24, 2.45) is 17.6 Å². The summed E-state index contributed by atoms with van der Waals surface area (Å²) in [6, 6.07) is 0. The summed E-state index contributed by atoms with van der Waals surface area (Å²) in [6.45, 7) is 7.85. The number of nitrogens with two attached hydrogens (primary N) is 1. The fourth-order valence-corrected chi connectivity index (χ4v) is 4.16. The van der Waals surface area contributed by atoms with Gasteiger partial charge in [0.05, 0.1) is 0 Å². The van der Waals surface area contributed by atoms with Crippen LogP contribution in [0.2, 0.25) is 0 Å². The van der Waals surface area contributed by atoms with E-state index in [9.17, 15) is 0 Å². The van der Waals surface area contributed by atoms with Crippen molar-refractivity contribution in [3.63, 3.8) is 0 Å². The molecule has 2 heteroatoms. The van der Waals surface area contributed by atoms with Gasteiger partial charge < -0.3 is 5.73 Å². The summed E-state index contributed by atoms with van der Waals surface area (Å²) < 4.78 is 0. The fourth-order valence-electron chi connectivity index (χ4n) is 4.16. The van der Waals surface area contributed by atoms with E-state index in [0.29, 0.717) is 5.92 Å². The van der Waals surface area contributed by atoms with Gasteiger partial charge in [-0.1, -0.05) is 143 Å². The van der Waals surface area contributed by atoms with Gasteiger partial charge in [-0.05, 0) is 18.4 Å². The number of hydrogen-bond donors (Lipinski definition) is 1. The van der Waals surface area contributed by atoms with Crippen LogP contribution in [0.15, 0.2) is 0 Å². The van der Waals surface area contributed by atoms with Crippen LogP contribution in [-0.2, 0) is 0 Å². The Balaban J connectivity index is 0. The van der Waals surface area contributed by atoms with Crippen LogP contribution in [0.5, 0.6) is 0 Å². The molecule has 1 nitrogen and oxygen atoms in total. The van der Waals surface area contributed by atoms with Gasteiger partial charge in [0.15, 0.2) is 0 Å². The smallest absolute Gasteiger partial charge is 0.00489 e. The van der Waals surface area contributed by atoms with Crippen molar-refractivity contribution in [1.29, 1.82) is 0 Å². The van der Waals surface area contributed by atoms with E-state index in [4.69, 9.17) is 5.73 Å². The molecule has 0 fully saturated rings. The molecule has 0 saturated heterocycles. The summed E-state index contributed by atoms with van der Waals surface area (Å²) >= 11 is 0. The second-order valence-electron chi connectivity index (χ2n) is 8.85. The van der Waals surface area contributed by atoms with Crippen LogP contribution in [0.4, 0.5) is 0 Å². The van der Waals surface area contributed by atoms with E-state index in [1.807, 2.05) is 0 Å². The Morgan fingerprint density at radius 2 is 0.815 bits per heavy atom. The summed E-state index contributed by atoms with van der Waals surface area (Å²) in [5.74, 6) is 1.60. The molecule has 2 atom stereocenters. The highest BCUT2D eigenvalue weighted by molar-refractivity contribution is 5.85. The second-order valence-corrected chi connectivity index (χ2v) is 8.85. The third-order valence-electron chi connectivity index (χ3n) is 6.28. The Labute approximate surface area is 179 Å². The normalized spacial score (nSPS) is 13.3. The van der Waals surface area contributed by atoms with Crippen molar-refractivity contribution in [1.82, 2.24) is 0 Å². The van der Waals surface area contributed by atoms with Crippen LogP contribution in [0.3, 0.4) is 0 Å². The number of unbranched alkanes of at least 4 members (excludes halogenated alkanes) is 15. The maximum absolute atomic E-state index is 5.98. The van der Waals surface area contributed by atoms with Gasteiger partial charge in [-0.3, -0.25) is 0 Å². The van der Waals surface area contributed by atoms with Gasteiger partial charge in [-0.15, -0.1) is 12.4 Å². The first kappa shape index (κ1) is 29.5. The van der Waals surface area contributed by atoms with Crippen molar-refractivity contribution < 1.29 is 0 Å². The molecule has 0 amide bonds. The van der Waals surface area contributed by atoms with E-state index in [2.05, 4.69) is 20.8 Å². The van der Waals surface area contributed by atoms with E-state index in [-0.39, 0.29) is 12.4 Å². The van der Waals surface area contributed by atoms with Crippen molar-refractivity contribution in [2.45, 2.75) is 143 Å². The van der Waals surface area contributed by atoms with Crippen molar-refractivity contribution in [3.8, 4) is 0 Å². The lowest BCUT2D eigenvalue weighted by Gasteiger charge is -2.23. The van der Waals surface area contributed by atoms with Gasteiger partial charge >= 0.3 is 0 Å². The highest BCUT2D eigenvalue weighted by atomic mass is 35.5. The molecule has 0 saturated carbocycles. The molecule has 0 aromatic heterocycles. The topological polar surface area (TPSA) is 26.0 Å². The van der Waals surface area contributed by atoms with Crippen LogP contribution in [0.1, 0.15) is 143 Å². The minimum absolute atomic E-state index is 0. The number of rotatable bonds is 21. The zero-order valence-electron chi connectivity index (χ0n) is 19.3. The molecule has 0 aliphatic rings. The molecule has 27 heavy (non-hydrogen) atoms. The highest BCUT2D eigenvalue weighted by Crippen LogP contribution is 2.25. The van der Waals surface area contributed by atoms with Crippen molar-refractivity contribution >= 4 is 12.4 Å². The molecule has 0 aromatic rings. The average Bonchev–Trinajstić information content (AvgIpc) is 2.66. The van der Waals surface area contributed by atoms with E-state index in [1.165, 1.54) is 122 Å². The maximum Gasteiger partial charge on any atom is -0.00489 e. The van der Waals surface area contributed by atoms with Crippen LogP contribution in [0.25, 0.3) is 0 Å². The molecule has 0 spiro atoms.